The molecule has 0 saturated carbocycles. The Morgan fingerprint density at radius 3 is 2.31 bits per heavy atom. The number of allylic oxidation sites excluding steroid dienone is 2. The van der Waals surface area contributed by atoms with Gasteiger partial charge in [0.15, 0.2) is 0 Å². The van der Waals surface area contributed by atoms with Gasteiger partial charge in [0, 0.05) is 18.4 Å². The maximum atomic E-state index is 11.2. The molecule has 178 valence electrons. The summed E-state index contributed by atoms with van der Waals surface area (Å²) in [7, 11) is 0. The minimum atomic E-state index is -0.309. The topological polar surface area (TPSA) is 66.8 Å². The first-order valence-electron chi connectivity index (χ1n) is 12.1. The molecule has 1 aromatic carbocycles. The Morgan fingerprint density at radius 2 is 1.75 bits per heavy atom. The molecule has 0 spiro atoms. The second-order valence-electron chi connectivity index (χ2n) is 10.1. The second-order valence-corrected chi connectivity index (χ2v) is 10.1. The Bertz CT molecular complexity index is 811. The molecule has 2 rings (SSSR count). The van der Waals surface area contributed by atoms with E-state index in [1.807, 2.05) is 25.1 Å². The van der Waals surface area contributed by atoms with Crippen LogP contribution in [-0.2, 0) is 14.9 Å². The number of aromatic hydroxyl groups is 2. The first kappa shape index (κ1) is 26.0. The van der Waals surface area contributed by atoms with Crippen LogP contribution in [0.1, 0.15) is 103 Å². The number of benzene rings is 1. The number of rotatable bonds is 11. The Morgan fingerprint density at radius 1 is 1.12 bits per heavy atom. The fourth-order valence-electron chi connectivity index (χ4n) is 4.80. The van der Waals surface area contributed by atoms with E-state index in [-0.39, 0.29) is 41.3 Å². The van der Waals surface area contributed by atoms with Crippen molar-refractivity contribution in [3.8, 4) is 11.5 Å². The molecule has 0 amide bonds. The van der Waals surface area contributed by atoms with Crippen LogP contribution < -0.4 is 0 Å². The lowest BCUT2D eigenvalue weighted by Crippen LogP contribution is -2.21. The average molecular weight is 443 g/mol. The highest BCUT2D eigenvalue weighted by molar-refractivity contribution is 5.66. The molecule has 1 aromatic rings. The maximum Gasteiger partial charge on any atom is 0.302 e. The maximum absolute atomic E-state index is 11.2. The zero-order valence-electron chi connectivity index (χ0n) is 20.7. The third-order valence-electron chi connectivity index (χ3n) is 6.88. The molecule has 32 heavy (non-hydrogen) atoms. The van der Waals surface area contributed by atoms with Crippen LogP contribution in [0.4, 0.5) is 0 Å². The summed E-state index contributed by atoms with van der Waals surface area (Å²) in [6.07, 6.45) is 10.8. The van der Waals surface area contributed by atoms with E-state index < -0.39 is 0 Å². The van der Waals surface area contributed by atoms with Crippen molar-refractivity contribution in [1.29, 1.82) is 0 Å². The van der Waals surface area contributed by atoms with Gasteiger partial charge < -0.3 is 14.9 Å². The molecule has 0 fully saturated rings. The third-order valence-corrected chi connectivity index (χ3v) is 6.88. The van der Waals surface area contributed by atoms with Gasteiger partial charge in [-0.25, -0.2) is 0 Å². The standard InChI is InChI=1S/C28H42O4/c1-7-8-9-10-11-14-28(5,6)22-16-25(30)27(26(31)17-22)24-15-21(18-32-20(4)29)12-13-23(24)19(2)3/h15-17,23-24,30-31H,2,7-14,18H2,1,3-6H3/t23-,24+/m0/s1. The summed E-state index contributed by atoms with van der Waals surface area (Å²) in [5, 5.41) is 22.1. The molecule has 0 bridgehead atoms. The van der Waals surface area contributed by atoms with Crippen molar-refractivity contribution in [1.82, 2.24) is 0 Å². The van der Waals surface area contributed by atoms with Crippen LogP contribution in [0, 0.1) is 5.92 Å². The zero-order chi connectivity index (χ0) is 23.9. The molecular weight excluding hydrogens is 400 g/mol. The van der Waals surface area contributed by atoms with E-state index >= 15 is 0 Å². The van der Waals surface area contributed by atoms with Crippen LogP contribution in [0.25, 0.3) is 0 Å². The molecular formula is C28H42O4. The molecule has 0 unspecified atom stereocenters. The Labute approximate surface area is 194 Å². The molecule has 0 aromatic heterocycles. The number of unbranched alkanes of at least 4 members (excludes halogenated alkanes) is 4. The summed E-state index contributed by atoms with van der Waals surface area (Å²) in [5.74, 6) is -0.139. The van der Waals surface area contributed by atoms with E-state index in [0.717, 1.165) is 42.4 Å². The monoisotopic (exact) mass is 442 g/mol. The van der Waals surface area contributed by atoms with Crippen LogP contribution >= 0.6 is 0 Å². The van der Waals surface area contributed by atoms with Crippen molar-refractivity contribution in [2.24, 2.45) is 5.92 Å². The minimum Gasteiger partial charge on any atom is -0.507 e. The highest BCUT2D eigenvalue weighted by Crippen LogP contribution is 2.48. The van der Waals surface area contributed by atoms with Crippen LogP contribution in [-0.4, -0.2) is 22.8 Å². The van der Waals surface area contributed by atoms with E-state index in [9.17, 15) is 15.0 Å². The number of phenols is 2. The number of hydrogen-bond donors (Lipinski definition) is 2. The minimum absolute atomic E-state index is 0.116. The Balaban J connectivity index is 2.30. The lowest BCUT2D eigenvalue weighted by atomic mass is 9.72. The van der Waals surface area contributed by atoms with Crippen molar-refractivity contribution in [3.63, 3.8) is 0 Å². The summed E-state index contributed by atoms with van der Waals surface area (Å²) in [6, 6.07) is 3.65. The van der Waals surface area contributed by atoms with Gasteiger partial charge in [-0.3, -0.25) is 4.79 Å². The molecule has 4 nitrogen and oxygen atoms in total. The lowest BCUT2D eigenvalue weighted by molar-refractivity contribution is -0.140. The molecule has 0 heterocycles. The molecule has 0 saturated heterocycles. The highest BCUT2D eigenvalue weighted by Gasteiger charge is 2.32. The Kier molecular flexibility index (Phi) is 9.42. The summed E-state index contributed by atoms with van der Waals surface area (Å²) in [6.45, 7) is 14.4. The molecule has 1 aliphatic carbocycles. The van der Waals surface area contributed by atoms with Crippen molar-refractivity contribution < 1.29 is 19.7 Å². The normalized spacial score (nSPS) is 18.8. The first-order valence-corrected chi connectivity index (χ1v) is 12.1. The van der Waals surface area contributed by atoms with Crippen LogP contribution in [0.5, 0.6) is 11.5 Å². The van der Waals surface area contributed by atoms with E-state index in [1.54, 1.807) is 0 Å². The van der Waals surface area contributed by atoms with Crippen molar-refractivity contribution >= 4 is 5.97 Å². The van der Waals surface area contributed by atoms with Crippen LogP contribution in [0.3, 0.4) is 0 Å². The summed E-state index contributed by atoms with van der Waals surface area (Å²) in [4.78, 5) is 11.2. The van der Waals surface area contributed by atoms with Crippen molar-refractivity contribution in [3.05, 3.63) is 47.1 Å². The fraction of sp³-hybridized carbons (Fsp3) is 0.607. The quantitative estimate of drug-likeness (QED) is 0.214. The van der Waals surface area contributed by atoms with Crippen LogP contribution in [0.15, 0.2) is 35.9 Å². The van der Waals surface area contributed by atoms with E-state index in [4.69, 9.17) is 4.74 Å². The molecule has 1 aliphatic rings. The summed E-state index contributed by atoms with van der Waals surface area (Å²) < 4.78 is 5.19. The van der Waals surface area contributed by atoms with Gasteiger partial charge in [-0.2, -0.15) is 0 Å². The zero-order valence-corrected chi connectivity index (χ0v) is 20.7. The number of esters is 1. The Hall–Kier alpha value is -2.23. The second kappa shape index (κ2) is 11.6. The SMILES string of the molecule is C=C(C)[C@@H]1CCC(COC(C)=O)=C[C@H]1c1c(O)cc(C(C)(C)CCCCCCC)cc1O. The van der Waals surface area contributed by atoms with Gasteiger partial charge in [-0.05, 0) is 60.8 Å². The third kappa shape index (κ3) is 6.88. The molecule has 2 N–H and O–H groups in total. The van der Waals surface area contributed by atoms with Crippen molar-refractivity contribution in [2.45, 2.75) is 97.3 Å². The number of carbonyl (C=O) groups excluding carboxylic acids is 1. The number of carbonyl (C=O) groups is 1. The molecule has 4 heteroatoms. The predicted octanol–water partition coefficient (Wildman–Crippen LogP) is 7.30. The lowest BCUT2D eigenvalue weighted by Gasteiger charge is -2.33. The summed E-state index contributed by atoms with van der Waals surface area (Å²) >= 11 is 0. The molecule has 0 radical (unpaired) electrons. The fourth-order valence-corrected chi connectivity index (χ4v) is 4.80. The average Bonchev–Trinajstić information content (AvgIpc) is 2.71. The predicted molar refractivity (Wildman–Crippen MR) is 131 cm³/mol. The highest BCUT2D eigenvalue weighted by atomic mass is 16.5. The van der Waals surface area contributed by atoms with E-state index in [2.05, 4.69) is 27.4 Å². The van der Waals surface area contributed by atoms with E-state index in [0.29, 0.717) is 5.56 Å². The first-order chi connectivity index (χ1) is 15.1. The van der Waals surface area contributed by atoms with Gasteiger partial charge in [0.1, 0.15) is 18.1 Å². The molecule has 2 atom stereocenters. The number of ether oxygens (including phenoxy) is 1. The largest absolute Gasteiger partial charge is 0.507 e. The van der Waals surface area contributed by atoms with Gasteiger partial charge in [-0.15, -0.1) is 0 Å². The number of hydrogen-bond acceptors (Lipinski definition) is 4. The van der Waals surface area contributed by atoms with Gasteiger partial charge in [0.2, 0.25) is 0 Å². The molecule has 0 aliphatic heterocycles. The van der Waals surface area contributed by atoms with Gasteiger partial charge in [-0.1, -0.05) is 71.1 Å². The van der Waals surface area contributed by atoms with E-state index in [1.165, 1.54) is 32.6 Å². The number of phenolic OH excluding ortho intramolecular Hbond substituents is 2. The van der Waals surface area contributed by atoms with Gasteiger partial charge >= 0.3 is 5.97 Å². The van der Waals surface area contributed by atoms with Gasteiger partial charge in [0.25, 0.3) is 0 Å². The van der Waals surface area contributed by atoms with Gasteiger partial charge in [0.05, 0.1) is 0 Å². The van der Waals surface area contributed by atoms with Crippen LogP contribution in [0.2, 0.25) is 0 Å². The smallest absolute Gasteiger partial charge is 0.302 e. The summed E-state index contributed by atoms with van der Waals surface area (Å²) in [5.41, 5.74) is 3.40. The van der Waals surface area contributed by atoms with Crippen molar-refractivity contribution in [2.75, 3.05) is 6.61 Å².